The zero-order valence-corrected chi connectivity index (χ0v) is 16.1. The summed E-state index contributed by atoms with van der Waals surface area (Å²) >= 11 is 0. The summed E-state index contributed by atoms with van der Waals surface area (Å²) in [5.41, 5.74) is 5.46. The molecule has 2 aliphatic rings. The van der Waals surface area contributed by atoms with Crippen molar-refractivity contribution >= 4 is 29.0 Å². The first-order chi connectivity index (χ1) is 13.6. The van der Waals surface area contributed by atoms with Gasteiger partial charge in [0.1, 0.15) is 0 Å². The predicted octanol–water partition coefficient (Wildman–Crippen LogP) is 3.52. The summed E-state index contributed by atoms with van der Waals surface area (Å²) in [5.74, 6) is -0.125. The van der Waals surface area contributed by atoms with Gasteiger partial charge in [0.05, 0.1) is 5.92 Å². The number of fused-ring (bicyclic) bond motifs is 2. The lowest BCUT2D eigenvalue weighted by molar-refractivity contribution is -0.125. The quantitative estimate of drug-likeness (QED) is 0.749. The highest BCUT2D eigenvalue weighted by molar-refractivity contribution is 5.91. The van der Waals surface area contributed by atoms with Crippen LogP contribution in [0.4, 0.5) is 21.9 Å². The van der Waals surface area contributed by atoms with Crippen LogP contribution in [0.1, 0.15) is 24.0 Å². The number of aryl methyl sites for hydroxylation is 2. The Hall–Kier alpha value is -3.02. The molecule has 6 heteroatoms. The molecule has 3 amide bonds. The molecular formula is C22H26N4O2. The van der Waals surface area contributed by atoms with E-state index in [0.717, 1.165) is 42.7 Å². The van der Waals surface area contributed by atoms with E-state index in [4.69, 9.17) is 0 Å². The number of anilines is 3. The number of likely N-dealkylation sites (tertiary alicyclic amines) is 1. The molecule has 1 atom stereocenters. The molecule has 0 spiro atoms. The molecule has 4 rings (SSSR count). The number of nitrogens with one attached hydrogen (secondary N) is 3. The first kappa shape index (κ1) is 18.3. The molecule has 0 bridgehead atoms. The Labute approximate surface area is 165 Å². The molecule has 3 N–H and O–H groups in total. The van der Waals surface area contributed by atoms with Gasteiger partial charge in [-0.2, -0.15) is 0 Å². The summed E-state index contributed by atoms with van der Waals surface area (Å²) in [7, 11) is 1.64. The Morgan fingerprint density at radius 1 is 1.07 bits per heavy atom. The van der Waals surface area contributed by atoms with Crippen molar-refractivity contribution in [1.29, 1.82) is 0 Å². The van der Waals surface area contributed by atoms with Crippen molar-refractivity contribution in [1.82, 2.24) is 10.2 Å². The highest BCUT2D eigenvalue weighted by Crippen LogP contribution is 2.32. The SMILES string of the molecule is CNC(=O)C1CCCN(C(=O)Nc2ccc3c(c2)Nc2ccccc2CC3)C1. The van der Waals surface area contributed by atoms with Crippen LogP contribution in [-0.4, -0.2) is 37.0 Å². The lowest BCUT2D eigenvalue weighted by atomic mass is 9.97. The van der Waals surface area contributed by atoms with Crippen LogP contribution in [0.15, 0.2) is 42.5 Å². The molecule has 0 radical (unpaired) electrons. The molecule has 2 aromatic rings. The Bertz CT molecular complexity index is 896. The number of carbonyl (C=O) groups is 2. The third kappa shape index (κ3) is 3.81. The van der Waals surface area contributed by atoms with E-state index in [9.17, 15) is 9.59 Å². The van der Waals surface area contributed by atoms with Gasteiger partial charge in [0, 0.05) is 37.2 Å². The van der Waals surface area contributed by atoms with Crippen LogP contribution in [0.2, 0.25) is 0 Å². The lowest BCUT2D eigenvalue weighted by Gasteiger charge is -2.31. The largest absolute Gasteiger partial charge is 0.359 e. The van der Waals surface area contributed by atoms with Gasteiger partial charge in [0.25, 0.3) is 0 Å². The Balaban J connectivity index is 1.47. The number of benzene rings is 2. The molecule has 2 aliphatic heterocycles. The number of hydrogen-bond donors (Lipinski definition) is 3. The minimum absolute atomic E-state index is 0.00500. The van der Waals surface area contributed by atoms with E-state index in [0.29, 0.717) is 13.1 Å². The van der Waals surface area contributed by atoms with E-state index in [1.807, 2.05) is 18.2 Å². The Morgan fingerprint density at radius 2 is 1.86 bits per heavy atom. The first-order valence-electron chi connectivity index (χ1n) is 9.89. The minimum Gasteiger partial charge on any atom is -0.359 e. The van der Waals surface area contributed by atoms with Crippen LogP contribution in [0, 0.1) is 5.92 Å². The molecule has 1 saturated heterocycles. The van der Waals surface area contributed by atoms with Crippen molar-refractivity contribution in [3.8, 4) is 0 Å². The molecular weight excluding hydrogens is 352 g/mol. The molecule has 28 heavy (non-hydrogen) atoms. The Morgan fingerprint density at radius 3 is 2.68 bits per heavy atom. The van der Waals surface area contributed by atoms with E-state index >= 15 is 0 Å². The van der Waals surface area contributed by atoms with Gasteiger partial charge in [0.15, 0.2) is 0 Å². The van der Waals surface area contributed by atoms with Gasteiger partial charge >= 0.3 is 6.03 Å². The summed E-state index contributed by atoms with van der Waals surface area (Å²) in [6.07, 6.45) is 3.63. The smallest absolute Gasteiger partial charge is 0.321 e. The topological polar surface area (TPSA) is 73.5 Å². The number of para-hydroxylation sites is 1. The predicted molar refractivity (Wildman–Crippen MR) is 111 cm³/mol. The number of urea groups is 1. The first-order valence-corrected chi connectivity index (χ1v) is 9.89. The summed E-state index contributed by atoms with van der Waals surface area (Å²) in [5, 5.41) is 9.19. The second-order valence-electron chi connectivity index (χ2n) is 7.48. The van der Waals surface area contributed by atoms with E-state index in [-0.39, 0.29) is 17.9 Å². The second-order valence-corrected chi connectivity index (χ2v) is 7.48. The Kier molecular flexibility index (Phi) is 5.19. The zero-order valence-electron chi connectivity index (χ0n) is 16.1. The number of carbonyl (C=O) groups excluding carboxylic acids is 2. The average Bonchev–Trinajstić information content (AvgIpc) is 2.92. The molecule has 146 valence electrons. The van der Waals surface area contributed by atoms with Crippen LogP contribution in [0.5, 0.6) is 0 Å². The molecule has 1 fully saturated rings. The maximum absolute atomic E-state index is 12.7. The fourth-order valence-corrected chi connectivity index (χ4v) is 4.05. The number of nitrogens with zero attached hydrogens (tertiary/aromatic N) is 1. The lowest BCUT2D eigenvalue weighted by Crippen LogP contribution is -2.46. The van der Waals surface area contributed by atoms with E-state index in [1.54, 1.807) is 11.9 Å². The summed E-state index contributed by atoms with van der Waals surface area (Å²) < 4.78 is 0. The zero-order chi connectivity index (χ0) is 19.5. The van der Waals surface area contributed by atoms with Gasteiger partial charge in [-0.05, 0) is 55.0 Å². The van der Waals surface area contributed by atoms with Gasteiger partial charge in [-0.3, -0.25) is 4.79 Å². The summed E-state index contributed by atoms with van der Waals surface area (Å²) in [6, 6.07) is 14.2. The number of piperidine rings is 1. The van der Waals surface area contributed by atoms with Gasteiger partial charge in [-0.25, -0.2) is 4.79 Å². The summed E-state index contributed by atoms with van der Waals surface area (Å²) in [6.45, 7) is 1.14. The molecule has 2 heterocycles. The molecule has 0 aromatic heterocycles. The monoisotopic (exact) mass is 378 g/mol. The second kappa shape index (κ2) is 7.92. The van der Waals surface area contributed by atoms with Crippen LogP contribution in [0.25, 0.3) is 0 Å². The number of amides is 3. The van der Waals surface area contributed by atoms with E-state index in [2.05, 4.69) is 40.2 Å². The number of rotatable bonds is 2. The normalized spacial score (nSPS) is 18.2. The van der Waals surface area contributed by atoms with Crippen molar-refractivity contribution in [3.63, 3.8) is 0 Å². The average molecular weight is 378 g/mol. The van der Waals surface area contributed by atoms with Crippen molar-refractivity contribution in [2.45, 2.75) is 25.7 Å². The van der Waals surface area contributed by atoms with Crippen molar-refractivity contribution in [2.75, 3.05) is 30.8 Å². The molecule has 0 aliphatic carbocycles. The summed E-state index contributed by atoms with van der Waals surface area (Å²) in [4.78, 5) is 26.4. The third-order valence-corrected chi connectivity index (χ3v) is 5.64. The molecule has 0 saturated carbocycles. The van der Waals surface area contributed by atoms with Crippen LogP contribution in [0.3, 0.4) is 0 Å². The van der Waals surface area contributed by atoms with Crippen molar-refractivity contribution < 1.29 is 9.59 Å². The fourth-order valence-electron chi connectivity index (χ4n) is 4.05. The highest BCUT2D eigenvalue weighted by atomic mass is 16.2. The van der Waals surface area contributed by atoms with Gasteiger partial charge < -0.3 is 20.9 Å². The van der Waals surface area contributed by atoms with Crippen molar-refractivity contribution in [2.24, 2.45) is 5.92 Å². The highest BCUT2D eigenvalue weighted by Gasteiger charge is 2.28. The van der Waals surface area contributed by atoms with Crippen molar-refractivity contribution in [3.05, 3.63) is 53.6 Å². The van der Waals surface area contributed by atoms with Gasteiger partial charge in [0.2, 0.25) is 5.91 Å². The van der Waals surface area contributed by atoms with Gasteiger partial charge in [-0.15, -0.1) is 0 Å². The molecule has 1 unspecified atom stereocenters. The fraction of sp³-hybridized carbons (Fsp3) is 0.364. The van der Waals surface area contributed by atoms with Crippen LogP contribution < -0.4 is 16.0 Å². The van der Waals surface area contributed by atoms with E-state index < -0.39 is 0 Å². The molecule has 6 nitrogen and oxygen atoms in total. The van der Waals surface area contributed by atoms with E-state index in [1.165, 1.54) is 11.1 Å². The van der Waals surface area contributed by atoms with Crippen LogP contribution in [-0.2, 0) is 17.6 Å². The van der Waals surface area contributed by atoms with Crippen LogP contribution >= 0.6 is 0 Å². The van der Waals surface area contributed by atoms with Gasteiger partial charge in [-0.1, -0.05) is 24.3 Å². The third-order valence-electron chi connectivity index (χ3n) is 5.64. The molecule has 2 aromatic carbocycles. The minimum atomic E-state index is -0.150. The maximum atomic E-state index is 12.7. The standard InChI is InChI=1S/C22H26N4O2/c1-23-21(27)17-6-4-12-26(14-17)22(28)24-18-11-10-16-9-8-15-5-2-3-7-19(15)25-20(16)13-18/h2-3,5,7,10-11,13,17,25H,4,6,8-9,12,14H2,1H3,(H,23,27)(H,24,28). The maximum Gasteiger partial charge on any atom is 0.321 e. The number of hydrogen-bond acceptors (Lipinski definition) is 3.